The highest BCUT2D eigenvalue weighted by Gasteiger charge is 2.29. The van der Waals surface area contributed by atoms with E-state index in [4.69, 9.17) is 9.47 Å². The molecule has 0 fully saturated rings. The van der Waals surface area contributed by atoms with Crippen molar-refractivity contribution in [2.24, 2.45) is 5.41 Å². The molecule has 0 radical (unpaired) electrons. The Hall–Kier alpha value is -1.35. The second-order valence-corrected chi connectivity index (χ2v) is 7.96. The molecule has 1 rings (SSSR count). The highest BCUT2D eigenvalue weighted by Crippen LogP contribution is 2.24. The first kappa shape index (κ1) is 21.7. The number of hydrogen-bond acceptors (Lipinski definition) is 3. The van der Waals surface area contributed by atoms with Gasteiger partial charge in [-0.2, -0.15) is 0 Å². The fourth-order valence-electron chi connectivity index (χ4n) is 2.74. The Morgan fingerprint density at radius 2 is 1.52 bits per heavy atom. The first-order valence-electron chi connectivity index (χ1n) is 9.64. The van der Waals surface area contributed by atoms with Gasteiger partial charge in [-0.05, 0) is 48.9 Å². The van der Waals surface area contributed by atoms with E-state index in [-0.39, 0.29) is 17.5 Å². The number of ether oxygens (including phenoxy) is 2. The second-order valence-electron chi connectivity index (χ2n) is 7.96. The van der Waals surface area contributed by atoms with E-state index in [9.17, 15) is 4.79 Å². The Morgan fingerprint density at radius 1 is 1.00 bits per heavy atom. The van der Waals surface area contributed by atoms with Gasteiger partial charge in [0.2, 0.25) is 0 Å². The van der Waals surface area contributed by atoms with E-state index in [1.165, 1.54) is 11.1 Å². The van der Waals surface area contributed by atoms with Crippen LogP contribution >= 0.6 is 0 Å². The van der Waals surface area contributed by atoms with Gasteiger partial charge >= 0.3 is 5.97 Å². The van der Waals surface area contributed by atoms with Crippen molar-refractivity contribution >= 4 is 5.97 Å². The minimum atomic E-state index is -0.261. The Balaban J connectivity index is 3.00. The maximum atomic E-state index is 12.8. The number of aryl methyl sites for hydroxylation is 2. The van der Waals surface area contributed by atoms with Crippen molar-refractivity contribution in [3.8, 4) is 0 Å². The van der Waals surface area contributed by atoms with E-state index in [1.807, 2.05) is 12.1 Å². The van der Waals surface area contributed by atoms with Gasteiger partial charge in [0, 0.05) is 12.5 Å². The molecule has 0 aromatic heterocycles. The number of rotatable bonds is 10. The van der Waals surface area contributed by atoms with E-state index in [1.54, 1.807) is 7.11 Å². The first-order chi connectivity index (χ1) is 11.8. The summed E-state index contributed by atoms with van der Waals surface area (Å²) in [5, 5.41) is 0. The monoisotopic (exact) mass is 348 g/mol. The van der Waals surface area contributed by atoms with Crippen LogP contribution in [0.4, 0.5) is 0 Å². The molecular formula is C22H36O3. The molecule has 0 N–H and O–H groups in total. The molecule has 0 saturated carbocycles. The van der Waals surface area contributed by atoms with Crippen LogP contribution in [0.5, 0.6) is 0 Å². The Bertz CT molecular complexity index is 502. The summed E-state index contributed by atoms with van der Waals surface area (Å²) in [4.78, 5) is 12.8. The summed E-state index contributed by atoms with van der Waals surface area (Å²) in [7, 11) is 1.64. The van der Waals surface area contributed by atoms with Crippen LogP contribution < -0.4 is 0 Å². The fraction of sp³-hybridized carbons (Fsp3) is 0.682. The molecule has 0 aliphatic carbocycles. The van der Waals surface area contributed by atoms with Crippen LogP contribution in [0.25, 0.3) is 0 Å². The molecule has 0 aliphatic rings. The number of unbranched alkanes of at least 4 members (excludes halogenated alkanes) is 2. The predicted octanol–water partition coefficient (Wildman–Crippen LogP) is 5.59. The van der Waals surface area contributed by atoms with Crippen molar-refractivity contribution < 1.29 is 14.3 Å². The molecule has 1 atom stereocenters. The quantitative estimate of drug-likeness (QED) is 0.517. The first-order valence-corrected chi connectivity index (χ1v) is 9.64. The summed E-state index contributed by atoms with van der Waals surface area (Å²) in [6.07, 6.45) is 6.34. The molecule has 0 aliphatic heterocycles. The number of benzene rings is 1. The molecule has 3 nitrogen and oxygen atoms in total. The number of carbonyl (C=O) groups is 1. The standard InChI is InChI=1S/C22H36O3/c1-7-9-11-17-13-18(12-10-8-2)15-19(14-17)21(23)25-20(16-24-6)22(3,4)5/h13-15,20H,7-12,16H2,1-6H3. The summed E-state index contributed by atoms with van der Waals surface area (Å²) < 4.78 is 11.0. The zero-order chi connectivity index (χ0) is 18.9. The maximum Gasteiger partial charge on any atom is 0.338 e. The van der Waals surface area contributed by atoms with Crippen LogP contribution in [0.1, 0.15) is 81.8 Å². The zero-order valence-electron chi connectivity index (χ0n) is 17.0. The lowest BCUT2D eigenvalue weighted by atomic mass is 9.89. The zero-order valence-corrected chi connectivity index (χ0v) is 17.0. The van der Waals surface area contributed by atoms with Crippen molar-refractivity contribution in [1.82, 2.24) is 0 Å². The lowest BCUT2D eigenvalue weighted by Gasteiger charge is -2.29. The van der Waals surface area contributed by atoms with Crippen molar-refractivity contribution in [3.63, 3.8) is 0 Å². The molecule has 1 aromatic carbocycles. The fourth-order valence-corrected chi connectivity index (χ4v) is 2.74. The summed E-state index contributed by atoms with van der Waals surface area (Å²) in [6, 6.07) is 6.25. The highest BCUT2D eigenvalue weighted by atomic mass is 16.6. The summed E-state index contributed by atoms with van der Waals surface area (Å²) in [5.41, 5.74) is 2.99. The van der Waals surface area contributed by atoms with Gasteiger partial charge in [0.05, 0.1) is 12.2 Å². The van der Waals surface area contributed by atoms with Gasteiger partial charge in [-0.25, -0.2) is 4.79 Å². The predicted molar refractivity (Wildman–Crippen MR) is 104 cm³/mol. The van der Waals surface area contributed by atoms with Gasteiger partial charge in [-0.15, -0.1) is 0 Å². The van der Waals surface area contributed by atoms with Crippen molar-refractivity contribution in [2.45, 2.75) is 79.2 Å². The molecule has 25 heavy (non-hydrogen) atoms. The van der Waals surface area contributed by atoms with Gasteiger partial charge in [-0.3, -0.25) is 0 Å². The van der Waals surface area contributed by atoms with Crippen molar-refractivity contribution in [3.05, 3.63) is 34.9 Å². The van der Waals surface area contributed by atoms with Crippen molar-refractivity contribution in [1.29, 1.82) is 0 Å². The van der Waals surface area contributed by atoms with Crippen molar-refractivity contribution in [2.75, 3.05) is 13.7 Å². The lowest BCUT2D eigenvalue weighted by Crippen LogP contribution is -2.35. The molecule has 142 valence electrons. The number of carbonyl (C=O) groups excluding carboxylic acids is 1. The molecule has 0 spiro atoms. The van der Waals surface area contributed by atoms with Gasteiger partial charge < -0.3 is 9.47 Å². The van der Waals surface area contributed by atoms with Gasteiger partial charge in [-0.1, -0.05) is 53.5 Å². The third-order valence-corrected chi connectivity index (χ3v) is 4.46. The average molecular weight is 349 g/mol. The van der Waals surface area contributed by atoms with Crippen LogP contribution in [0.15, 0.2) is 18.2 Å². The average Bonchev–Trinajstić information content (AvgIpc) is 2.56. The van der Waals surface area contributed by atoms with Crippen LogP contribution in [-0.2, 0) is 22.3 Å². The molecular weight excluding hydrogens is 312 g/mol. The largest absolute Gasteiger partial charge is 0.456 e. The molecule has 1 unspecified atom stereocenters. The van der Waals surface area contributed by atoms with Crippen LogP contribution in [0.3, 0.4) is 0 Å². The third-order valence-electron chi connectivity index (χ3n) is 4.46. The van der Waals surface area contributed by atoms with Crippen LogP contribution in [0.2, 0.25) is 0 Å². The van der Waals surface area contributed by atoms with E-state index >= 15 is 0 Å². The summed E-state index contributed by atoms with van der Waals surface area (Å²) in [6.45, 7) is 11.0. The highest BCUT2D eigenvalue weighted by molar-refractivity contribution is 5.90. The number of esters is 1. The lowest BCUT2D eigenvalue weighted by molar-refractivity contribution is -0.0351. The van der Waals surface area contributed by atoms with Crippen LogP contribution in [0, 0.1) is 5.41 Å². The Morgan fingerprint density at radius 3 is 1.92 bits per heavy atom. The minimum absolute atomic E-state index is 0.156. The van der Waals surface area contributed by atoms with Gasteiger partial charge in [0.25, 0.3) is 0 Å². The Labute approximate surface area is 154 Å². The maximum absolute atomic E-state index is 12.8. The summed E-state index contributed by atoms with van der Waals surface area (Å²) >= 11 is 0. The van der Waals surface area contributed by atoms with E-state index in [0.717, 1.165) is 38.5 Å². The SMILES string of the molecule is CCCCc1cc(CCCC)cc(C(=O)OC(COC)C(C)(C)C)c1. The van der Waals surface area contributed by atoms with E-state index in [0.29, 0.717) is 12.2 Å². The van der Waals surface area contributed by atoms with Gasteiger partial charge in [0.1, 0.15) is 6.10 Å². The molecule has 1 aromatic rings. The van der Waals surface area contributed by atoms with E-state index < -0.39 is 0 Å². The Kier molecular flexibility index (Phi) is 9.20. The molecule has 0 amide bonds. The minimum Gasteiger partial charge on any atom is -0.456 e. The van der Waals surface area contributed by atoms with E-state index in [2.05, 4.69) is 40.7 Å². The topological polar surface area (TPSA) is 35.5 Å². The molecule has 0 saturated heterocycles. The normalized spacial score (nSPS) is 12.9. The number of hydrogen-bond donors (Lipinski definition) is 0. The smallest absolute Gasteiger partial charge is 0.338 e. The van der Waals surface area contributed by atoms with Gasteiger partial charge in [0.15, 0.2) is 0 Å². The molecule has 0 heterocycles. The summed E-state index contributed by atoms with van der Waals surface area (Å²) in [5.74, 6) is -0.243. The third kappa shape index (κ3) is 7.60. The van der Waals surface area contributed by atoms with Crippen LogP contribution in [-0.4, -0.2) is 25.8 Å². The molecule has 3 heteroatoms. The number of methoxy groups -OCH3 is 1. The molecule has 0 bridgehead atoms. The second kappa shape index (κ2) is 10.6.